The second-order valence-corrected chi connectivity index (χ2v) is 10.8. The summed E-state index contributed by atoms with van der Waals surface area (Å²) in [4.78, 5) is 25.0. The number of nitro groups is 1. The average molecular weight is 556 g/mol. The van der Waals surface area contributed by atoms with Crippen LogP contribution in [0.2, 0.25) is 0 Å². The van der Waals surface area contributed by atoms with E-state index in [2.05, 4.69) is 15.5 Å². The van der Waals surface area contributed by atoms with E-state index in [9.17, 15) is 14.9 Å². The monoisotopic (exact) mass is 555 g/mol. The second-order valence-electron chi connectivity index (χ2n) is 8.79. The van der Waals surface area contributed by atoms with Gasteiger partial charge in [0, 0.05) is 28.5 Å². The van der Waals surface area contributed by atoms with Gasteiger partial charge in [0.05, 0.1) is 17.4 Å². The Kier molecular flexibility index (Phi) is 8.45. The van der Waals surface area contributed by atoms with Crippen molar-refractivity contribution in [1.29, 1.82) is 0 Å². The zero-order valence-electron chi connectivity index (χ0n) is 20.8. The molecular weight excluding hydrogens is 530 g/mol. The Bertz CT molecular complexity index is 1520. The van der Waals surface area contributed by atoms with Gasteiger partial charge in [-0.1, -0.05) is 78.5 Å². The molecule has 1 atom stereocenters. The predicted octanol–water partition coefficient (Wildman–Crippen LogP) is 6.17. The smallest absolute Gasteiger partial charge is 0.269 e. The number of nitro benzene ring substituents is 1. The number of carbonyl (C=O) groups excluding carboxylic acids is 1. The van der Waals surface area contributed by atoms with Gasteiger partial charge in [0.2, 0.25) is 5.91 Å². The lowest BCUT2D eigenvalue weighted by atomic mass is 10.0. The molecule has 2 aromatic heterocycles. The number of amides is 1. The Hall–Kier alpha value is -4.28. The molecule has 8 nitrogen and oxygen atoms in total. The van der Waals surface area contributed by atoms with Crippen LogP contribution in [0.4, 0.5) is 5.69 Å². The molecule has 2 heterocycles. The van der Waals surface area contributed by atoms with Crippen molar-refractivity contribution in [2.45, 2.75) is 29.8 Å². The third-order valence-corrected chi connectivity index (χ3v) is 7.91. The first-order chi connectivity index (χ1) is 19.1. The van der Waals surface area contributed by atoms with Crippen LogP contribution >= 0.6 is 23.1 Å². The molecule has 0 bridgehead atoms. The van der Waals surface area contributed by atoms with Crippen molar-refractivity contribution < 1.29 is 9.72 Å². The molecular formula is C29H25N5O3S2. The lowest BCUT2D eigenvalue weighted by Gasteiger charge is -2.20. The van der Waals surface area contributed by atoms with Gasteiger partial charge in [0.1, 0.15) is 0 Å². The first-order valence-corrected chi connectivity index (χ1v) is 14.2. The van der Waals surface area contributed by atoms with Crippen LogP contribution < -0.4 is 5.32 Å². The average Bonchev–Trinajstić information content (AvgIpc) is 3.63. The molecule has 5 aromatic rings. The minimum absolute atomic E-state index is 0.00282. The van der Waals surface area contributed by atoms with Crippen LogP contribution in [0.3, 0.4) is 0 Å². The molecule has 5 rings (SSSR count). The zero-order chi connectivity index (χ0) is 27.0. The molecule has 0 fully saturated rings. The topological polar surface area (TPSA) is 103 Å². The van der Waals surface area contributed by atoms with Gasteiger partial charge in [-0.25, -0.2) is 0 Å². The van der Waals surface area contributed by atoms with Gasteiger partial charge in [-0.2, -0.15) is 0 Å². The number of thiophene rings is 1. The number of rotatable bonds is 11. The predicted molar refractivity (Wildman–Crippen MR) is 153 cm³/mol. The fourth-order valence-electron chi connectivity index (χ4n) is 4.16. The van der Waals surface area contributed by atoms with Crippen LogP contribution in [0.15, 0.2) is 108 Å². The normalized spacial score (nSPS) is 11.7. The first-order valence-electron chi connectivity index (χ1n) is 12.3. The summed E-state index contributed by atoms with van der Waals surface area (Å²) in [6.45, 7) is 0. The maximum Gasteiger partial charge on any atom is 0.269 e. The Balaban J connectivity index is 1.52. The van der Waals surface area contributed by atoms with Crippen molar-refractivity contribution in [3.05, 3.63) is 134 Å². The van der Waals surface area contributed by atoms with Crippen molar-refractivity contribution in [1.82, 2.24) is 20.1 Å². The van der Waals surface area contributed by atoms with Crippen molar-refractivity contribution in [3.8, 4) is 5.69 Å². The van der Waals surface area contributed by atoms with Gasteiger partial charge >= 0.3 is 0 Å². The van der Waals surface area contributed by atoms with Gasteiger partial charge in [-0.05, 0) is 41.1 Å². The fraction of sp³-hybridized carbons (Fsp3) is 0.138. The Morgan fingerprint density at radius 2 is 1.62 bits per heavy atom. The van der Waals surface area contributed by atoms with Crippen LogP contribution in [0.25, 0.3) is 5.69 Å². The fourth-order valence-corrected chi connectivity index (χ4v) is 5.78. The number of hydrogen-bond acceptors (Lipinski definition) is 7. The highest BCUT2D eigenvalue weighted by atomic mass is 32.2. The van der Waals surface area contributed by atoms with E-state index in [-0.39, 0.29) is 18.0 Å². The van der Waals surface area contributed by atoms with Crippen LogP contribution in [-0.2, 0) is 23.4 Å². The summed E-state index contributed by atoms with van der Waals surface area (Å²) in [5.41, 5.74) is 2.85. The van der Waals surface area contributed by atoms with E-state index in [0.29, 0.717) is 28.8 Å². The highest BCUT2D eigenvalue weighted by Gasteiger charge is 2.25. The second kappa shape index (κ2) is 12.5. The van der Waals surface area contributed by atoms with Crippen molar-refractivity contribution in [2.24, 2.45) is 0 Å². The third-order valence-electron chi connectivity index (χ3n) is 6.03. The van der Waals surface area contributed by atoms with Crippen LogP contribution in [0, 0.1) is 10.1 Å². The van der Waals surface area contributed by atoms with E-state index < -0.39 is 11.0 Å². The molecule has 0 aliphatic heterocycles. The van der Waals surface area contributed by atoms with E-state index in [4.69, 9.17) is 0 Å². The lowest BCUT2D eigenvalue weighted by molar-refractivity contribution is -0.384. The minimum atomic E-state index is -0.478. The van der Waals surface area contributed by atoms with Gasteiger partial charge in [0.15, 0.2) is 11.0 Å². The number of thioether (sulfide) groups is 1. The minimum Gasteiger partial charge on any atom is -0.345 e. The molecule has 0 aliphatic carbocycles. The van der Waals surface area contributed by atoms with Gasteiger partial charge in [-0.15, -0.1) is 21.5 Å². The lowest BCUT2D eigenvalue weighted by Crippen LogP contribution is -2.33. The summed E-state index contributed by atoms with van der Waals surface area (Å²) >= 11 is 3.06. The highest BCUT2D eigenvalue weighted by Crippen LogP contribution is 2.30. The van der Waals surface area contributed by atoms with E-state index in [0.717, 1.165) is 16.0 Å². The Morgan fingerprint density at radius 1 is 0.923 bits per heavy atom. The molecule has 0 spiro atoms. The number of carbonyl (C=O) groups is 1. The molecule has 0 saturated carbocycles. The number of non-ortho nitro benzene ring substituents is 1. The van der Waals surface area contributed by atoms with Crippen LogP contribution in [0.5, 0.6) is 0 Å². The Labute approximate surface area is 233 Å². The summed E-state index contributed by atoms with van der Waals surface area (Å²) < 4.78 is 1.89. The largest absolute Gasteiger partial charge is 0.345 e. The highest BCUT2D eigenvalue weighted by molar-refractivity contribution is 7.98. The van der Waals surface area contributed by atoms with Crippen molar-refractivity contribution >= 4 is 34.7 Å². The molecule has 39 heavy (non-hydrogen) atoms. The molecule has 196 valence electrons. The number of aromatic nitrogens is 3. The SMILES string of the molecule is O=C(Cc1cccs1)NC(Cc1ccccc1)c1nnc(SCc2ccccc2)n1-c1ccc([N+](=O)[O-])cc1. The molecule has 1 amide bonds. The molecule has 0 saturated heterocycles. The van der Waals surface area contributed by atoms with Gasteiger partial charge < -0.3 is 5.32 Å². The van der Waals surface area contributed by atoms with E-state index in [1.165, 1.54) is 35.2 Å². The summed E-state index contributed by atoms with van der Waals surface area (Å²) in [5, 5.41) is 26.1. The van der Waals surface area contributed by atoms with E-state index >= 15 is 0 Å². The summed E-state index contributed by atoms with van der Waals surface area (Å²) in [7, 11) is 0. The van der Waals surface area contributed by atoms with E-state index in [1.807, 2.05) is 82.7 Å². The number of nitrogens with one attached hydrogen (secondary N) is 1. The molecule has 3 aromatic carbocycles. The molecule has 0 radical (unpaired) electrons. The molecule has 10 heteroatoms. The van der Waals surface area contributed by atoms with Crippen LogP contribution in [0.1, 0.15) is 27.9 Å². The number of nitrogens with zero attached hydrogens (tertiary/aromatic N) is 4. The molecule has 1 unspecified atom stereocenters. The maximum atomic E-state index is 13.1. The molecule has 0 aliphatic rings. The first kappa shape index (κ1) is 26.3. The van der Waals surface area contributed by atoms with Gasteiger partial charge in [0.25, 0.3) is 5.69 Å². The third kappa shape index (κ3) is 6.78. The van der Waals surface area contributed by atoms with E-state index in [1.54, 1.807) is 12.1 Å². The number of benzene rings is 3. The zero-order valence-corrected chi connectivity index (χ0v) is 22.5. The van der Waals surface area contributed by atoms with Crippen LogP contribution in [-0.4, -0.2) is 25.6 Å². The van der Waals surface area contributed by atoms with Gasteiger partial charge in [-0.3, -0.25) is 19.5 Å². The maximum absolute atomic E-state index is 13.1. The van der Waals surface area contributed by atoms with Crippen molar-refractivity contribution in [2.75, 3.05) is 0 Å². The number of hydrogen-bond donors (Lipinski definition) is 1. The Morgan fingerprint density at radius 3 is 2.26 bits per heavy atom. The molecule has 1 N–H and O–H groups in total. The van der Waals surface area contributed by atoms with Crippen molar-refractivity contribution in [3.63, 3.8) is 0 Å². The quantitative estimate of drug-likeness (QED) is 0.119. The standard InChI is InChI=1S/C29H25N5O3S2/c35-27(19-25-12-7-17-38-25)30-26(18-21-8-3-1-4-9-21)28-31-32-29(39-20-22-10-5-2-6-11-22)33(28)23-13-15-24(16-14-23)34(36)37/h1-17,26H,18-20H2,(H,30,35). The summed E-state index contributed by atoms with van der Waals surface area (Å²) in [6.07, 6.45) is 0.774. The summed E-state index contributed by atoms with van der Waals surface area (Å²) in [6, 6.07) is 29.6. The summed E-state index contributed by atoms with van der Waals surface area (Å²) in [5.74, 6) is 1.11.